The van der Waals surface area contributed by atoms with E-state index in [4.69, 9.17) is 9.57 Å². The molecule has 1 fully saturated rings. The van der Waals surface area contributed by atoms with Crippen molar-refractivity contribution in [2.45, 2.75) is 19.4 Å². The molecule has 1 saturated heterocycles. The number of carbonyl (C=O) groups excluding carboxylic acids is 2. The number of benzene rings is 2. The number of carbonyl (C=O) groups is 2. The second-order valence-electron chi connectivity index (χ2n) is 7.47. The molecule has 5 rings (SSSR count). The second kappa shape index (κ2) is 6.97. The normalized spacial score (nSPS) is 19.3. The summed E-state index contributed by atoms with van der Waals surface area (Å²) in [6.07, 6.45) is 1.61. The van der Waals surface area contributed by atoms with Gasteiger partial charge in [0.05, 0.1) is 11.1 Å². The molecule has 2 aliphatic heterocycles. The van der Waals surface area contributed by atoms with Gasteiger partial charge in [-0.15, -0.1) is 5.10 Å². The summed E-state index contributed by atoms with van der Waals surface area (Å²) in [5, 5.41) is 4.84. The number of rotatable bonds is 4. The lowest BCUT2D eigenvalue weighted by Crippen LogP contribution is -2.32. The maximum Gasteiger partial charge on any atom is 0.443 e. The largest absolute Gasteiger partial charge is 0.443 e. The summed E-state index contributed by atoms with van der Waals surface area (Å²) in [6.45, 7) is 2.77. The van der Waals surface area contributed by atoms with Crippen molar-refractivity contribution in [3.05, 3.63) is 59.5 Å². The maximum atomic E-state index is 13.9. The Morgan fingerprint density at radius 3 is 2.79 bits per heavy atom. The molecular weight excluding hydrogens is 377 g/mol. The Morgan fingerprint density at radius 2 is 1.97 bits per heavy atom. The fourth-order valence-electron chi connectivity index (χ4n) is 4.11. The molecule has 8 heteroatoms. The highest BCUT2D eigenvalue weighted by atomic mass is 19.1. The number of esters is 1. The van der Waals surface area contributed by atoms with Crippen molar-refractivity contribution in [2.24, 2.45) is 5.92 Å². The van der Waals surface area contributed by atoms with Gasteiger partial charge in [-0.25, -0.2) is 14.0 Å². The van der Waals surface area contributed by atoms with Crippen LogP contribution in [0, 0.1) is 11.7 Å². The van der Waals surface area contributed by atoms with E-state index in [2.05, 4.69) is 22.1 Å². The highest BCUT2D eigenvalue weighted by molar-refractivity contribution is 6.31. The minimum absolute atomic E-state index is 0.00189. The van der Waals surface area contributed by atoms with Gasteiger partial charge < -0.3 is 9.57 Å². The number of halogens is 1. The van der Waals surface area contributed by atoms with Crippen LogP contribution in [0.1, 0.15) is 17.7 Å². The van der Waals surface area contributed by atoms with Gasteiger partial charge in [0.25, 0.3) is 0 Å². The van der Waals surface area contributed by atoms with E-state index in [1.165, 1.54) is 11.6 Å². The molecule has 148 valence electrons. The van der Waals surface area contributed by atoms with Crippen molar-refractivity contribution in [3.63, 3.8) is 0 Å². The molecule has 0 amide bonds. The fourth-order valence-corrected chi connectivity index (χ4v) is 4.11. The van der Waals surface area contributed by atoms with E-state index in [1.54, 1.807) is 0 Å². The van der Waals surface area contributed by atoms with Crippen molar-refractivity contribution in [1.82, 2.24) is 14.8 Å². The van der Waals surface area contributed by atoms with Gasteiger partial charge in [0.2, 0.25) is 0 Å². The van der Waals surface area contributed by atoms with Crippen molar-refractivity contribution in [2.75, 3.05) is 13.1 Å². The maximum absolute atomic E-state index is 13.9. The minimum atomic E-state index is -1.20. The van der Waals surface area contributed by atoms with Crippen LogP contribution in [-0.2, 0) is 22.6 Å². The van der Waals surface area contributed by atoms with E-state index in [0.29, 0.717) is 23.4 Å². The van der Waals surface area contributed by atoms with E-state index in [-0.39, 0.29) is 11.3 Å². The summed E-state index contributed by atoms with van der Waals surface area (Å²) < 4.78 is 19.0. The monoisotopic (exact) mass is 395 g/mol. The number of nitrogens with zero attached hydrogens (tertiary/aromatic N) is 3. The first-order valence-electron chi connectivity index (χ1n) is 9.49. The molecule has 0 aliphatic carbocycles. The first-order valence-corrected chi connectivity index (χ1v) is 9.49. The fraction of sp³-hybridized carbons (Fsp3) is 0.286. The highest BCUT2D eigenvalue weighted by Gasteiger charge is 2.31. The van der Waals surface area contributed by atoms with Gasteiger partial charge >= 0.3 is 11.9 Å². The SMILES string of the molecule is O=C1Oc2cc(F)cc3c2c(CC2CCN(Cc4ccccc4)C2)nn3OC1=O. The van der Waals surface area contributed by atoms with Crippen molar-refractivity contribution in [3.8, 4) is 5.75 Å². The Morgan fingerprint density at radius 1 is 1.14 bits per heavy atom. The quantitative estimate of drug-likeness (QED) is 0.383. The molecule has 2 aliphatic rings. The smallest absolute Gasteiger partial charge is 0.417 e. The second-order valence-corrected chi connectivity index (χ2v) is 7.47. The van der Waals surface area contributed by atoms with E-state index in [9.17, 15) is 14.0 Å². The average Bonchev–Trinajstić information content (AvgIpc) is 3.27. The molecule has 0 radical (unpaired) electrons. The van der Waals surface area contributed by atoms with Crippen LogP contribution in [0.3, 0.4) is 0 Å². The Kier molecular flexibility index (Phi) is 4.28. The topological polar surface area (TPSA) is 73.7 Å². The average molecular weight is 395 g/mol. The summed E-state index contributed by atoms with van der Waals surface area (Å²) in [7, 11) is 0. The molecule has 0 N–H and O–H groups in total. The predicted molar refractivity (Wildman–Crippen MR) is 100 cm³/mol. The molecule has 3 aromatic rings. The van der Waals surface area contributed by atoms with Crippen LogP contribution >= 0.6 is 0 Å². The summed E-state index contributed by atoms with van der Waals surface area (Å²) in [4.78, 5) is 31.8. The van der Waals surface area contributed by atoms with Gasteiger partial charge in [0, 0.05) is 25.2 Å². The molecule has 29 heavy (non-hydrogen) atoms. The zero-order chi connectivity index (χ0) is 20.0. The third-order valence-electron chi connectivity index (χ3n) is 5.39. The molecule has 0 spiro atoms. The van der Waals surface area contributed by atoms with Crippen LogP contribution in [0.5, 0.6) is 5.75 Å². The Hall–Kier alpha value is -3.26. The minimum Gasteiger partial charge on any atom is -0.417 e. The Bertz CT molecular complexity index is 1110. The molecule has 0 saturated carbocycles. The van der Waals surface area contributed by atoms with Gasteiger partial charge in [-0.05, 0) is 30.9 Å². The summed E-state index contributed by atoms with van der Waals surface area (Å²) in [5.74, 6) is -2.64. The first-order chi connectivity index (χ1) is 14.1. The number of hydrogen-bond acceptors (Lipinski definition) is 6. The van der Waals surface area contributed by atoms with Crippen LogP contribution in [0.2, 0.25) is 0 Å². The molecule has 4 bridgehead atoms. The van der Waals surface area contributed by atoms with Crippen molar-refractivity contribution in [1.29, 1.82) is 0 Å². The molecular formula is C21H18FN3O4. The lowest BCUT2D eigenvalue weighted by molar-refractivity contribution is -0.163. The third-order valence-corrected chi connectivity index (χ3v) is 5.39. The molecule has 7 nitrogen and oxygen atoms in total. The number of likely N-dealkylation sites (tertiary alicyclic amines) is 1. The molecule has 1 aromatic heterocycles. The zero-order valence-corrected chi connectivity index (χ0v) is 15.5. The predicted octanol–water partition coefficient (Wildman–Crippen LogP) is 2.11. The number of aromatic nitrogens is 2. The molecule has 2 aromatic carbocycles. The van der Waals surface area contributed by atoms with Crippen LogP contribution in [-0.4, -0.2) is 39.9 Å². The standard InChI is InChI=1S/C21H18FN3O4/c22-15-9-17-19-16(23-25(17)29-21(27)20(26)28-18(19)10-15)8-14-6-7-24(12-14)11-13-4-2-1-3-5-13/h1-5,9-10,14H,6-8,11-12H2. The third kappa shape index (κ3) is 3.36. The number of hydrogen-bond donors (Lipinski definition) is 0. The van der Waals surface area contributed by atoms with E-state index in [0.717, 1.165) is 37.0 Å². The van der Waals surface area contributed by atoms with Gasteiger partial charge in [0.15, 0.2) is 0 Å². The lowest BCUT2D eigenvalue weighted by atomic mass is 10.00. The van der Waals surface area contributed by atoms with Crippen LogP contribution in [0.15, 0.2) is 42.5 Å². The molecule has 1 atom stereocenters. The van der Waals surface area contributed by atoms with Crippen LogP contribution in [0.25, 0.3) is 10.9 Å². The Labute approximate surface area is 165 Å². The lowest BCUT2D eigenvalue weighted by Gasteiger charge is -2.16. The van der Waals surface area contributed by atoms with Crippen LogP contribution in [0.4, 0.5) is 4.39 Å². The van der Waals surface area contributed by atoms with Crippen molar-refractivity contribution < 1.29 is 23.6 Å². The first kappa shape index (κ1) is 17.8. The zero-order valence-electron chi connectivity index (χ0n) is 15.5. The van der Waals surface area contributed by atoms with E-state index >= 15 is 0 Å². The highest BCUT2D eigenvalue weighted by Crippen LogP contribution is 2.34. The summed E-state index contributed by atoms with van der Waals surface area (Å²) in [5.41, 5.74) is 2.17. The molecule has 1 unspecified atom stereocenters. The van der Waals surface area contributed by atoms with Gasteiger partial charge in [0.1, 0.15) is 17.1 Å². The van der Waals surface area contributed by atoms with Crippen LogP contribution < -0.4 is 9.57 Å². The van der Waals surface area contributed by atoms with Gasteiger partial charge in [-0.3, -0.25) is 4.90 Å². The van der Waals surface area contributed by atoms with Gasteiger partial charge in [-0.2, -0.15) is 0 Å². The van der Waals surface area contributed by atoms with Crippen molar-refractivity contribution >= 4 is 22.8 Å². The van der Waals surface area contributed by atoms with E-state index < -0.39 is 17.8 Å². The Balaban J connectivity index is 1.41. The van der Waals surface area contributed by atoms with E-state index in [1.807, 2.05) is 18.2 Å². The van der Waals surface area contributed by atoms with Gasteiger partial charge in [-0.1, -0.05) is 35.2 Å². The summed E-state index contributed by atoms with van der Waals surface area (Å²) in [6, 6.07) is 12.6. The summed E-state index contributed by atoms with van der Waals surface area (Å²) >= 11 is 0. The number of ether oxygens (including phenoxy) is 1. The molecule has 3 heterocycles.